The van der Waals surface area contributed by atoms with Crippen LogP contribution in [0.4, 0.5) is 0 Å². The van der Waals surface area contributed by atoms with E-state index in [-0.39, 0.29) is 5.41 Å². The minimum absolute atomic E-state index is 0.173. The van der Waals surface area contributed by atoms with Crippen LogP contribution in [0.25, 0.3) is 0 Å². The second-order valence-electron chi connectivity index (χ2n) is 4.53. The Kier molecular flexibility index (Phi) is 4.37. The summed E-state index contributed by atoms with van der Waals surface area (Å²) in [5.41, 5.74) is -0.173. The maximum Gasteiger partial charge on any atom is 0.0741 e. The van der Waals surface area contributed by atoms with Crippen LogP contribution in [-0.4, -0.2) is 26.3 Å². The molecule has 0 aliphatic carbocycles. The number of rotatable bonds is 4. The first kappa shape index (κ1) is 11.5. The van der Waals surface area contributed by atoms with Crippen LogP contribution < -0.4 is 5.32 Å². The summed E-state index contributed by atoms with van der Waals surface area (Å²) in [5.74, 6) is 0.644. The molecule has 0 spiro atoms. The SMILES string of the molecule is CC(C)CNCC1(C#N)CCOCC1. The summed E-state index contributed by atoms with van der Waals surface area (Å²) < 4.78 is 5.28. The molecule has 14 heavy (non-hydrogen) atoms. The van der Waals surface area contributed by atoms with Gasteiger partial charge in [-0.3, -0.25) is 0 Å². The lowest BCUT2D eigenvalue weighted by Gasteiger charge is -2.31. The van der Waals surface area contributed by atoms with Crippen LogP contribution in [-0.2, 0) is 4.74 Å². The molecule has 1 saturated heterocycles. The van der Waals surface area contributed by atoms with E-state index in [1.54, 1.807) is 0 Å². The summed E-state index contributed by atoms with van der Waals surface area (Å²) in [5, 5.41) is 12.5. The molecule has 0 amide bonds. The summed E-state index contributed by atoms with van der Waals surface area (Å²) in [6, 6.07) is 2.45. The molecule has 80 valence electrons. The first-order valence-corrected chi connectivity index (χ1v) is 5.38. The molecule has 1 fully saturated rings. The molecule has 3 heteroatoms. The van der Waals surface area contributed by atoms with E-state index in [0.29, 0.717) is 5.92 Å². The third-order valence-corrected chi connectivity index (χ3v) is 2.70. The molecular weight excluding hydrogens is 176 g/mol. The molecule has 0 atom stereocenters. The average molecular weight is 196 g/mol. The van der Waals surface area contributed by atoms with Crippen molar-refractivity contribution < 1.29 is 4.74 Å². The van der Waals surface area contributed by atoms with Crippen molar-refractivity contribution in [1.29, 1.82) is 5.26 Å². The highest BCUT2D eigenvalue weighted by Crippen LogP contribution is 2.28. The third kappa shape index (κ3) is 3.28. The minimum atomic E-state index is -0.173. The maximum absolute atomic E-state index is 9.16. The van der Waals surface area contributed by atoms with Gasteiger partial charge >= 0.3 is 0 Å². The monoisotopic (exact) mass is 196 g/mol. The van der Waals surface area contributed by atoms with Crippen molar-refractivity contribution in [2.75, 3.05) is 26.3 Å². The van der Waals surface area contributed by atoms with Gasteiger partial charge in [0, 0.05) is 19.8 Å². The Labute approximate surface area is 86.4 Å². The van der Waals surface area contributed by atoms with Crippen molar-refractivity contribution in [3.05, 3.63) is 0 Å². The Morgan fingerprint density at radius 2 is 2.07 bits per heavy atom. The van der Waals surface area contributed by atoms with Crippen LogP contribution in [0, 0.1) is 22.7 Å². The molecule has 1 rings (SSSR count). The number of nitrogens with one attached hydrogen (secondary N) is 1. The third-order valence-electron chi connectivity index (χ3n) is 2.70. The largest absolute Gasteiger partial charge is 0.381 e. The van der Waals surface area contributed by atoms with Crippen LogP contribution >= 0.6 is 0 Å². The Morgan fingerprint density at radius 3 is 2.57 bits per heavy atom. The highest BCUT2D eigenvalue weighted by molar-refractivity contribution is 5.01. The molecule has 1 heterocycles. The Balaban J connectivity index is 2.34. The molecule has 0 radical (unpaired) electrons. The zero-order valence-corrected chi connectivity index (χ0v) is 9.18. The maximum atomic E-state index is 9.16. The van der Waals surface area contributed by atoms with Crippen molar-refractivity contribution in [3.8, 4) is 6.07 Å². The molecule has 0 aromatic heterocycles. The fourth-order valence-electron chi connectivity index (χ4n) is 1.69. The molecule has 1 aliphatic heterocycles. The van der Waals surface area contributed by atoms with Crippen molar-refractivity contribution in [3.63, 3.8) is 0 Å². The van der Waals surface area contributed by atoms with E-state index in [0.717, 1.165) is 39.1 Å². The van der Waals surface area contributed by atoms with Gasteiger partial charge in [0.05, 0.1) is 11.5 Å². The van der Waals surface area contributed by atoms with Crippen LogP contribution in [0.3, 0.4) is 0 Å². The Morgan fingerprint density at radius 1 is 1.43 bits per heavy atom. The number of hydrogen-bond donors (Lipinski definition) is 1. The second-order valence-corrected chi connectivity index (χ2v) is 4.53. The van der Waals surface area contributed by atoms with E-state index in [9.17, 15) is 0 Å². The number of nitrogens with zero attached hydrogens (tertiary/aromatic N) is 1. The predicted octanol–water partition coefficient (Wildman–Crippen LogP) is 1.55. The van der Waals surface area contributed by atoms with Crippen molar-refractivity contribution >= 4 is 0 Å². The smallest absolute Gasteiger partial charge is 0.0741 e. The molecule has 0 saturated carbocycles. The molecule has 3 nitrogen and oxygen atoms in total. The number of nitriles is 1. The van der Waals surface area contributed by atoms with Gasteiger partial charge in [-0.15, -0.1) is 0 Å². The standard InChI is InChI=1S/C11H20N2O/c1-10(2)7-13-9-11(8-12)3-5-14-6-4-11/h10,13H,3-7,9H2,1-2H3. The molecular formula is C11H20N2O. The van der Waals surface area contributed by atoms with E-state index >= 15 is 0 Å². The Hall–Kier alpha value is -0.590. The lowest BCUT2D eigenvalue weighted by molar-refractivity contribution is 0.0403. The molecule has 1 N–H and O–H groups in total. The van der Waals surface area contributed by atoms with Gasteiger partial charge in [-0.2, -0.15) is 5.26 Å². The van der Waals surface area contributed by atoms with Gasteiger partial charge < -0.3 is 10.1 Å². The van der Waals surface area contributed by atoms with Gasteiger partial charge in [0.25, 0.3) is 0 Å². The normalized spacial score (nSPS) is 20.7. The summed E-state index contributed by atoms with van der Waals surface area (Å²) in [4.78, 5) is 0. The zero-order valence-electron chi connectivity index (χ0n) is 9.18. The van der Waals surface area contributed by atoms with Crippen molar-refractivity contribution in [2.24, 2.45) is 11.3 Å². The Bertz CT molecular complexity index is 202. The van der Waals surface area contributed by atoms with Gasteiger partial charge in [-0.05, 0) is 25.3 Å². The van der Waals surface area contributed by atoms with E-state index in [1.807, 2.05) is 0 Å². The summed E-state index contributed by atoms with van der Waals surface area (Å²) in [6.07, 6.45) is 1.74. The van der Waals surface area contributed by atoms with Gasteiger partial charge in [0.1, 0.15) is 0 Å². The summed E-state index contributed by atoms with van der Waals surface area (Å²) >= 11 is 0. The summed E-state index contributed by atoms with van der Waals surface area (Å²) in [6.45, 7) is 7.62. The lowest BCUT2D eigenvalue weighted by Crippen LogP contribution is -2.39. The summed E-state index contributed by atoms with van der Waals surface area (Å²) in [7, 11) is 0. The van der Waals surface area contributed by atoms with E-state index in [2.05, 4.69) is 25.2 Å². The highest BCUT2D eigenvalue weighted by Gasteiger charge is 2.32. The van der Waals surface area contributed by atoms with E-state index in [4.69, 9.17) is 10.00 Å². The molecule has 0 aromatic rings. The van der Waals surface area contributed by atoms with E-state index in [1.165, 1.54) is 0 Å². The first-order chi connectivity index (χ1) is 6.68. The van der Waals surface area contributed by atoms with Crippen LogP contribution in [0.15, 0.2) is 0 Å². The predicted molar refractivity (Wildman–Crippen MR) is 55.8 cm³/mol. The topological polar surface area (TPSA) is 45.0 Å². The van der Waals surface area contributed by atoms with Crippen molar-refractivity contribution in [2.45, 2.75) is 26.7 Å². The molecule has 0 bridgehead atoms. The van der Waals surface area contributed by atoms with Crippen LogP contribution in [0.1, 0.15) is 26.7 Å². The molecule has 0 aromatic carbocycles. The highest BCUT2D eigenvalue weighted by atomic mass is 16.5. The number of ether oxygens (including phenoxy) is 1. The minimum Gasteiger partial charge on any atom is -0.381 e. The van der Waals surface area contributed by atoms with Gasteiger partial charge in [0.2, 0.25) is 0 Å². The first-order valence-electron chi connectivity index (χ1n) is 5.38. The van der Waals surface area contributed by atoms with Crippen LogP contribution in [0.2, 0.25) is 0 Å². The van der Waals surface area contributed by atoms with E-state index < -0.39 is 0 Å². The average Bonchev–Trinajstić information content (AvgIpc) is 2.19. The second kappa shape index (κ2) is 5.33. The van der Waals surface area contributed by atoms with Crippen molar-refractivity contribution in [1.82, 2.24) is 5.32 Å². The van der Waals surface area contributed by atoms with Gasteiger partial charge in [-0.25, -0.2) is 0 Å². The quantitative estimate of drug-likeness (QED) is 0.742. The molecule has 0 unspecified atom stereocenters. The van der Waals surface area contributed by atoms with Gasteiger partial charge in [-0.1, -0.05) is 13.8 Å². The fourth-order valence-corrected chi connectivity index (χ4v) is 1.69. The zero-order chi connectivity index (χ0) is 10.4. The van der Waals surface area contributed by atoms with Crippen LogP contribution in [0.5, 0.6) is 0 Å². The fraction of sp³-hybridized carbons (Fsp3) is 0.909. The lowest BCUT2D eigenvalue weighted by atomic mass is 9.81. The van der Waals surface area contributed by atoms with Gasteiger partial charge in [0.15, 0.2) is 0 Å². The number of hydrogen-bond acceptors (Lipinski definition) is 3. The molecule has 1 aliphatic rings.